The van der Waals surface area contributed by atoms with E-state index in [2.05, 4.69) is 20.6 Å². The summed E-state index contributed by atoms with van der Waals surface area (Å²) in [5.41, 5.74) is 8.19. The monoisotopic (exact) mass is 478 g/mol. The van der Waals surface area contributed by atoms with Gasteiger partial charge in [0.05, 0.1) is 16.3 Å². The highest BCUT2D eigenvalue weighted by atomic mass is 35.5. The SMILES string of the molecule is CNc1nccc(-c2cc(N)c(C(=O)N[C@@H](Cc3ccc(Cl)cc3Cl)CN(C)C)s2)n1. The molecule has 0 spiro atoms. The molecule has 4 N–H and O–H groups in total. The Labute approximate surface area is 195 Å². The van der Waals surface area contributed by atoms with Crippen molar-refractivity contribution in [1.82, 2.24) is 20.2 Å². The van der Waals surface area contributed by atoms with Gasteiger partial charge in [0.25, 0.3) is 5.91 Å². The number of hydrogen-bond acceptors (Lipinski definition) is 7. The van der Waals surface area contributed by atoms with Crippen molar-refractivity contribution in [2.75, 3.05) is 38.7 Å². The Bertz CT molecular complexity index is 1070. The van der Waals surface area contributed by atoms with E-state index in [0.717, 1.165) is 10.4 Å². The third-order valence-corrected chi connectivity index (χ3v) is 6.26. The second-order valence-electron chi connectivity index (χ2n) is 7.28. The molecule has 3 aromatic rings. The van der Waals surface area contributed by atoms with E-state index in [1.54, 1.807) is 37.5 Å². The van der Waals surface area contributed by atoms with Crippen molar-refractivity contribution in [3.05, 3.63) is 57.0 Å². The number of nitrogens with two attached hydrogens (primary N) is 1. The molecular weight excluding hydrogens is 455 g/mol. The van der Waals surface area contributed by atoms with Crippen LogP contribution in [0.1, 0.15) is 15.2 Å². The summed E-state index contributed by atoms with van der Waals surface area (Å²) >= 11 is 13.6. The fourth-order valence-corrected chi connectivity index (χ4v) is 4.57. The number of carbonyl (C=O) groups is 1. The maximum atomic E-state index is 13.1. The molecule has 10 heteroatoms. The van der Waals surface area contributed by atoms with E-state index in [1.165, 1.54) is 11.3 Å². The quantitative estimate of drug-likeness (QED) is 0.452. The molecule has 2 aromatic heterocycles. The number of carbonyl (C=O) groups excluding carboxylic acids is 1. The minimum atomic E-state index is -0.228. The number of amides is 1. The fourth-order valence-electron chi connectivity index (χ4n) is 3.13. The Hall–Kier alpha value is -2.39. The van der Waals surface area contributed by atoms with E-state index >= 15 is 0 Å². The van der Waals surface area contributed by atoms with Crippen molar-refractivity contribution >= 4 is 52.1 Å². The number of halogens is 2. The van der Waals surface area contributed by atoms with E-state index in [4.69, 9.17) is 28.9 Å². The Balaban J connectivity index is 1.80. The van der Waals surface area contributed by atoms with Gasteiger partial charge in [-0.3, -0.25) is 4.79 Å². The minimum Gasteiger partial charge on any atom is -0.397 e. The van der Waals surface area contributed by atoms with Gasteiger partial charge in [-0.1, -0.05) is 29.3 Å². The molecule has 0 saturated carbocycles. The molecule has 0 aliphatic carbocycles. The molecule has 0 unspecified atom stereocenters. The summed E-state index contributed by atoms with van der Waals surface area (Å²) in [6.45, 7) is 0.639. The second kappa shape index (κ2) is 10.3. The number of benzene rings is 1. The molecule has 164 valence electrons. The first kappa shape index (κ1) is 23.3. The first-order valence-electron chi connectivity index (χ1n) is 9.56. The summed E-state index contributed by atoms with van der Waals surface area (Å²) in [6.07, 6.45) is 2.22. The first-order chi connectivity index (χ1) is 14.8. The third-order valence-electron chi connectivity index (χ3n) is 4.50. The molecule has 1 atom stereocenters. The van der Waals surface area contributed by atoms with Gasteiger partial charge >= 0.3 is 0 Å². The molecule has 2 heterocycles. The lowest BCUT2D eigenvalue weighted by atomic mass is 10.1. The predicted octanol–water partition coefficient (Wildman–Crippen LogP) is 4.04. The van der Waals surface area contributed by atoms with Crippen molar-refractivity contribution in [2.45, 2.75) is 12.5 Å². The Morgan fingerprint density at radius 1 is 1.26 bits per heavy atom. The third kappa shape index (κ3) is 6.07. The van der Waals surface area contributed by atoms with Crippen LogP contribution in [0.15, 0.2) is 36.5 Å². The predicted molar refractivity (Wildman–Crippen MR) is 129 cm³/mol. The standard InChI is InChI=1S/C21H24Cl2N6OS/c1-25-21-26-7-6-17(28-21)18-10-16(24)19(31-18)20(30)27-14(11-29(2)3)8-12-4-5-13(22)9-15(12)23/h4-7,9-10,14H,8,11,24H2,1-3H3,(H,27,30)(H,25,26,28)/t14-/m0/s1. The highest BCUT2D eigenvalue weighted by Gasteiger charge is 2.21. The largest absolute Gasteiger partial charge is 0.397 e. The van der Waals surface area contributed by atoms with Crippen LogP contribution in [0.2, 0.25) is 10.0 Å². The highest BCUT2D eigenvalue weighted by molar-refractivity contribution is 7.18. The smallest absolute Gasteiger partial charge is 0.263 e. The normalized spacial score (nSPS) is 12.1. The molecule has 3 rings (SSSR count). The average Bonchev–Trinajstić information content (AvgIpc) is 3.11. The number of anilines is 2. The molecule has 0 aliphatic rings. The molecule has 0 radical (unpaired) electrons. The molecule has 7 nitrogen and oxygen atoms in total. The lowest BCUT2D eigenvalue weighted by Crippen LogP contribution is -2.43. The number of aromatic nitrogens is 2. The Kier molecular flexibility index (Phi) is 7.72. The van der Waals surface area contributed by atoms with Crippen molar-refractivity contribution in [3.8, 4) is 10.6 Å². The fraction of sp³-hybridized carbons (Fsp3) is 0.286. The number of nitrogens with one attached hydrogen (secondary N) is 2. The molecule has 0 bridgehead atoms. The van der Waals surface area contributed by atoms with Gasteiger partial charge in [0, 0.05) is 35.9 Å². The summed E-state index contributed by atoms with van der Waals surface area (Å²) in [4.78, 5) is 24.8. The van der Waals surface area contributed by atoms with Crippen LogP contribution in [0.5, 0.6) is 0 Å². The van der Waals surface area contributed by atoms with Crippen molar-refractivity contribution in [1.29, 1.82) is 0 Å². The van der Waals surface area contributed by atoms with Crippen LogP contribution in [0.3, 0.4) is 0 Å². The van der Waals surface area contributed by atoms with Crippen LogP contribution < -0.4 is 16.4 Å². The zero-order valence-corrected chi connectivity index (χ0v) is 19.8. The van der Waals surface area contributed by atoms with Gasteiger partial charge in [-0.25, -0.2) is 9.97 Å². The zero-order valence-electron chi connectivity index (χ0n) is 17.4. The van der Waals surface area contributed by atoms with E-state index in [9.17, 15) is 4.79 Å². The van der Waals surface area contributed by atoms with Gasteiger partial charge in [-0.05, 0) is 50.3 Å². The van der Waals surface area contributed by atoms with E-state index < -0.39 is 0 Å². The molecule has 1 aromatic carbocycles. The lowest BCUT2D eigenvalue weighted by molar-refractivity contribution is 0.0935. The Morgan fingerprint density at radius 3 is 2.71 bits per heavy atom. The molecule has 1 amide bonds. The number of likely N-dealkylation sites (N-methyl/N-ethyl adjacent to an activating group) is 1. The van der Waals surface area contributed by atoms with E-state index in [-0.39, 0.29) is 11.9 Å². The summed E-state index contributed by atoms with van der Waals surface area (Å²) in [7, 11) is 5.65. The first-order valence-corrected chi connectivity index (χ1v) is 11.1. The van der Waals surface area contributed by atoms with Gasteiger partial charge in [-0.2, -0.15) is 0 Å². The van der Waals surface area contributed by atoms with Crippen LogP contribution >= 0.6 is 34.5 Å². The van der Waals surface area contributed by atoms with Gasteiger partial charge < -0.3 is 21.3 Å². The van der Waals surface area contributed by atoms with Gasteiger partial charge in [0.2, 0.25) is 5.95 Å². The number of nitrogen functional groups attached to an aromatic ring is 1. The average molecular weight is 479 g/mol. The number of rotatable bonds is 8. The van der Waals surface area contributed by atoms with Crippen molar-refractivity contribution in [3.63, 3.8) is 0 Å². The second-order valence-corrected chi connectivity index (χ2v) is 9.18. The van der Waals surface area contributed by atoms with Crippen LogP contribution in [0.4, 0.5) is 11.6 Å². The number of hydrogen-bond donors (Lipinski definition) is 3. The Morgan fingerprint density at radius 2 is 2.03 bits per heavy atom. The summed E-state index contributed by atoms with van der Waals surface area (Å²) in [6, 6.07) is 8.76. The maximum Gasteiger partial charge on any atom is 0.263 e. The number of thiophene rings is 1. The minimum absolute atomic E-state index is 0.166. The van der Waals surface area contributed by atoms with Crippen molar-refractivity contribution in [2.24, 2.45) is 0 Å². The molecule has 31 heavy (non-hydrogen) atoms. The van der Waals surface area contributed by atoms with Crippen LogP contribution in [-0.4, -0.2) is 54.5 Å². The summed E-state index contributed by atoms with van der Waals surface area (Å²) in [5, 5.41) is 7.15. The van der Waals surface area contributed by atoms with Crippen LogP contribution in [-0.2, 0) is 6.42 Å². The zero-order chi connectivity index (χ0) is 22.5. The maximum absolute atomic E-state index is 13.1. The van der Waals surface area contributed by atoms with Gasteiger partial charge in [-0.15, -0.1) is 11.3 Å². The van der Waals surface area contributed by atoms with Crippen molar-refractivity contribution < 1.29 is 4.79 Å². The lowest BCUT2D eigenvalue weighted by Gasteiger charge is -2.23. The highest BCUT2D eigenvalue weighted by Crippen LogP contribution is 2.32. The molecule has 0 fully saturated rings. The van der Waals surface area contributed by atoms with Gasteiger partial charge in [0.1, 0.15) is 4.88 Å². The van der Waals surface area contributed by atoms with Gasteiger partial charge in [0.15, 0.2) is 0 Å². The van der Waals surface area contributed by atoms with Crippen LogP contribution in [0, 0.1) is 0 Å². The van der Waals surface area contributed by atoms with Crippen LogP contribution in [0.25, 0.3) is 10.6 Å². The summed E-state index contributed by atoms with van der Waals surface area (Å²) < 4.78 is 0. The summed E-state index contributed by atoms with van der Waals surface area (Å²) in [5.74, 6) is 0.273. The topological polar surface area (TPSA) is 96.2 Å². The van der Waals surface area contributed by atoms with E-state index in [0.29, 0.717) is 45.2 Å². The van der Waals surface area contributed by atoms with E-state index in [1.807, 2.05) is 25.1 Å². The number of nitrogens with zero attached hydrogens (tertiary/aromatic N) is 3. The molecule has 0 saturated heterocycles. The molecule has 0 aliphatic heterocycles. The molecular formula is C21H24Cl2N6OS.